The van der Waals surface area contributed by atoms with Gasteiger partial charge in [-0.05, 0) is 54.1 Å². The first-order valence-corrected chi connectivity index (χ1v) is 10.9. The van der Waals surface area contributed by atoms with Gasteiger partial charge in [-0.25, -0.2) is 0 Å². The third-order valence-corrected chi connectivity index (χ3v) is 6.16. The Morgan fingerprint density at radius 2 is 1.37 bits per heavy atom. The van der Waals surface area contributed by atoms with Crippen LogP contribution in [0.1, 0.15) is 17.2 Å². The molecule has 0 spiro atoms. The minimum Gasteiger partial charge on any atom is -0.507 e. The highest BCUT2D eigenvalue weighted by atomic mass is 79.9. The van der Waals surface area contributed by atoms with E-state index in [1.165, 1.54) is 4.90 Å². The van der Waals surface area contributed by atoms with Crippen LogP contribution in [0.2, 0.25) is 5.02 Å². The third kappa shape index (κ3) is 3.83. The quantitative estimate of drug-likeness (QED) is 0.232. The van der Waals surface area contributed by atoms with Gasteiger partial charge in [0.25, 0.3) is 11.7 Å². The van der Waals surface area contributed by atoms with Gasteiger partial charge in [0.15, 0.2) is 0 Å². The Kier molecular flexibility index (Phi) is 5.82. The monoisotopic (exact) mass is 545 g/mol. The van der Waals surface area contributed by atoms with E-state index in [1.807, 2.05) is 0 Å². The predicted octanol–water partition coefficient (Wildman–Crippen LogP) is 6.49. The van der Waals surface area contributed by atoms with Gasteiger partial charge in [0.05, 0.1) is 11.6 Å². The SMILES string of the molecule is O=C1C(=O)N(c2ccc(Br)cc2)[C@H](c2ccc(Cl)cc2)C1=C(O)c1ccc(Br)cc1. The smallest absolute Gasteiger partial charge is 0.300 e. The molecule has 0 unspecified atom stereocenters. The van der Waals surface area contributed by atoms with Crippen LogP contribution < -0.4 is 4.90 Å². The first-order chi connectivity index (χ1) is 14.4. The first-order valence-electron chi connectivity index (χ1n) is 8.95. The molecule has 30 heavy (non-hydrogen) atoms. The lowest BCUT2D eigenvalue weighted by molar-refractivity contribution is -0.132. The number of halogens is 3. The van der Waals surface area contributed by atoms with E-state index >= 15 is 0 Å². The number of ketones is 1. The number of carbonyl (C=O) groups is 2. The molecule has 1 atom stereocenters. The zero-order valence-corrected chi connectivity index (χ0v) is 19.3. The van der Waals surface area contributed by atoms with Gasteiger partial charge in [0, 0.05) is 25.2 Å². The van der Waals surface area contributed by atoms with Crippen molar-refractivity contribution in [2.24, 2.45) is 0 Å². The number of Topliss-reactive ketones (excluding diaryl/α,β-unsaturated/α-hetero) is 1. The molecule has 0 aromatic heterocycles. The lowest BCUT2D eigenvalue weighted by Gasteiger charge is -2.25. The molecule has 1 aliphatic heterocycles. The minimum atomic E-state index is -0.785. The van der Waals surface area contributed by atoms with Crippen LogP contribution in [-0.2, 0) is 9.59 Å². The van der Waals surface area contributed by atoms with Crippen LogP contribution in [0.15, 0.2) is 87.3 Å². The second kappa shape index (κ2) is 8.38. The molecular weight excluding hydrogens is 534 g/mol. The van der Waals surface area contributed by atoms with E-state index in [1.54, 1.807) is 72.8 Å². The van der Waals surface area contributed by atoms with Crippen LogP contribution >= 0.6 is 43.5 Å². The standard InChI is InChI=1S/C23H14Br2ClNO3/c24-15-5-1-14(2-6-15)21(28)19-20(13-3-9-17(26)10-4-13)27(23(30)22(19)29)18-11-7-16(25)8-12-18/h1-12,20,28H/t20-/m1/s1. The fourth-order valence-electron chi connectivity index (χ4n) is 3.42. The van der Waals surface area contributed by atoms with Crippen molar-refractivity contribution in [3.8, 4) is 0 Å². The number of amides is 1. The summed E-state index contributed by atoms with van der Waals surface area (Å²) in [6, 6.07) is 20.1. The van der Waals surface area contributed by atoms with E-state index in [0.717, 1.165) is 8.95 Å². The Hall–Kier alpha value is -2.41. The summed E-state index contributed by atoms with van der Waals surface area (Å²) in [4.78, 5) is 27.5. The summed E-state index contributed by atoms with van der Waals surface area (Å²) in [7, 11) is 0. The number of aliphatic hydroxyl groups is 1. The summed E-state index contributed by atoms with van der Waals surface area (Å²) in [6.45, 7) is 0. The molecule has 0 radical (unpaired) electrons. The van der Waals surface area contributed by atoms with Crippen molar-refractivity contribution in [2.75, 3.05) is 4.90 Å². The molecule has 1 heterocycles. The summed E-state index contributed by atoms with van der Waals surface area (Å²) in [5, 5.41) is 11.6. The Bertz CT molecular complexity index is 1160. The van der Waals surface area contributed by atoms with E-state index in [9.17, 15) is 14.7 Å². The van der Waals surface area contributed by atoms with Gasteiger partial charge >= 0.3 is 0 Å². The van der Waals surface area contributed by atoms with Crippen LogP contribution in [0.5, 0.6) is 0 Å². The number of rotatable bonds is 3. The minimum absolute atomic E-state index is 0.0348. The van der Waals surface area contributed by atoms with Gasteiger partial charge in [-0.15, -0.1) is 0 Å². The van der Waals surface area contributed by atoms with Gasteiger partial charge in [0.1, 0.15) is 5.76 Å². The van der Waals surface area contributed by atoms with Gasteiger partial charge in [0.2, 0.25) is 0 Å². The summed E-state index contributed by atoms with van der Waals surface area (Å²) < 4.78 is 1.68. The average molecular weight is 548 g/mol. The topological polar surface area (TPSA) is 57.6 Å². The van der Waals surface area contributed by atoms with Gasteiger partial charge in [-0.2, -0.15) is 0 Å². The molecule has 1 amide bonds. The molecular formula is C23H14Br2ClNO3. The second-order valence-corrected chi connectivity index (χ2v) is 8.97. The Labute approximate surface area is 195 Å². The van der Waals surface area contributed by atoms with E-state index in [4.69, 9.17) is 11.6 Å². The molecule has 7 heteroatoms. The second-order valence-electron chi connectivity index (χ2n) is 6.70. The normalized spacial score (nSPS) is 18.1. The maximum Gasteiger partial charge on any atom is 0.300 e. The van der Waals surface area contributed by atoms with Crippen molar-refractivity contribution in [3.63, 3.8) is 0 Å². The van der Waals surface area contributed by atoms with Crippen LogP contribution in [0, 0.1) is 0 Å². The van der Waals surface area contributed by atoms with Crippen LogP contribution in [-0.4, -0.2) is 16.8 Å². The van der Waals surface area contributed by atoms with Crippen molar-refractivity contribution < 1.29 is 14.7 Å². The van der Waals surface area contributed by atoms with Crippen molar-refractivity contribution in [2.45, 2.75) is 6.04 Å². The lowest BCUT2D eigenvalue weighted by Crippen LogP contribution is -2.29. The number of hydrogen-bond acceptors (Lipinski definition) is 3. The third-order valence-electron chi connectivity index (χ3n) is 4.85. The highest BCUT2D eigenvalue weighted by Gasteiger charge is 2.46. The number of anilines is 1. The van der Waals surface area contributed by atoms with Crippen molar-refractivity contribution >= 4 is 66.6 Å². The largest absolute Gasteiger partial charge is 0.507 e. The predicted molar refractivity (Wildman–Crippen MR) is 125 cm³/mol. The molecule has 1 aliphatic rings. The van der Waals surface area contributed by atoms with E-state index in [2.05, 4.69) is 31.9 Å². The molecule has 150 valence electrons. The fourth-order valence-corrected chi connectivity index (χ4v) is 4.08. The molecule has 3 aromatic carbocycles. The van der Waals surface area contributed by atoms with Gasteiger partial charge in [-0.3, -0.25) is 14.5 Å². The summed E-state index contributed by atoms with van der Waals surface area (Å²) in [5.74, 6) is -1.66. The molecule has 1 fully saturated rings. The van der Waals surface area contributed by atoms with Gasteiger partial charge in [-0.1, -0.05) is 67.7 Å². The zero-order valence-electron chi connectivity index (χ0n) is 15.4. The summed E-state index contributed by atoms with van der Waals surface area (Å²) in [5.41, 5.74) is 1.70. The average Bonchev–Trinajstić information content (AvgIpc) is 3.00. The fraction of sp³-hybridized carbons (Fsp3) is 0.0435. The molecule has 4 rings (SSSR count). The molecule has 1 saturated heterocycles. The maximum absolute atomic E-state index is 13.0. The van der Waals surface area contributed by atoms with Crippen molar-refractivity contribution in [1.82, 2.24) is 0 Å². The zero-order chi connectivity index (χ0) is 21.4. The van der Waals surface area contributed by atoms with E-state index in [-0.39, 0.29) is 11.3 Å². The Morgan fingerprint density at radius 1 is 0.833 bits per heavy atom. The molecule has 0 bridgehead atoms. The summed E-state index contributed by atoms with van der Waals surface area (Å²) in [6.07, 6.45) is 0. The molecule has 3 aromatic rings. The highest BCUT2D eigenvalue weighted by Crippen LogP contribution is 2.42. The van der Waals surface area contributed by atoms with Crippen molar-refractivity contribution in [1.29, 1.82) is 0 Å². The number of nitrogens with zero attached hydrogens (tertiary/aromatic N) is 1. The maximum atomic E-state index is 13.0. The van der Waals surface area contributed by atoms with Crippen LogP contribution in [0.25, 0.3) is 5.76 Å². The van der Waals surface area contributed by atoms with Gasteiger partial charge < -0.3 is 5.11 Å². The molecule has 0 aliphatic carbocycles. The van der Waals surface area contributed by atoms with Crippen LogP contribution in [0.4, 0.5) is 5.69 Å². The van der Waals surface area contributed by atoms with E-state index < -0.39 is 17.7 Å². The Balaban J connectivity index is 1.93. The number of carbonyl (C=O) groups excluding carboxylic acids is 2. The molecule has 0 saturated carbocycles. The number of hydrogen-bond donors (Lipinski definition) is 1. The molecule has 1 N–H and O–H groups in total. The first kappa shape index (κ1) is 20.8. The molecule has 4 nitrogen and oxygen atoms in total. The highest BCUT2D eigenvalue weighted by molar-refractivity contribution is 9.10. The van der Waals surface area contributed by atoms with E-state index in [0.29, 0.717) is 21.8 Å². The Morgan fingerprint density at radius 3 is 1.93 bits per heavy atom. The number of benzene rings is 3. The summed E-state index contributed by atoms with van der Waals surface area (Å²) >= 11 is 12.8. The number of aliphatic hydroxyl groups excluding tert-OH is 1. The lowest BCUT2D eigenvalue weighted by atomic mass is 9.95. The van der Waals surface area contributed by atoms with Crippen LogP contribution in [0.3, 0.4) is 0 Å². The van der Waals surface area contributed by atoms with Crippen molar-refractivity contribution in [3.05, 3.63) is 103 Å².